The minimum absolute atomic E-state index is 0.250. The fraction of sp³-hybridized carbons (Fsp3) is 0.200. The molecule has 0 amide bonds. The zero-order chi connectivity index (χ0) is 11.2. The van der Waals surface area contributed by atoms with Crippen molar-refractivity contribution in [3.05, 3.63) is 33.7 Å². The maximum absolute atomic E-state index is 12.0. The van der Waals surface area contributed by atoms with Crippen LogP contribution in [0.4, 0.5) is 0 Å². The number of sulfone groups is 1. The SMILES string of the molecule is CC(N)C1=Cc2ccc(Cl)cc2S1(=O)=O. The van der Waals surface area contributed by atoms with E-state index in [2.05, 4.69) is 0 Å². The van der Waals surface area contributed by atoms with Crippen molar-refractivity contribution < 1.29 is 8.42 Å². The van der Waals surface area contributed by atoms with E-state index in [1.54, 1.807) is 25.1 Å². The van der Waals surface area contributed by atoms with E-state index in [1.807, 2.05) is 0 Å². The molecule has 2 rings (SSSR count). The molecule has 0 aliphatic carbocycles. The molecule has 1 atom stereocenters. The smallest absolute Gasteiger partial charge is 0.204 e. The van der Waals surface area contributed by atoms with Crippen molar-refractivity contribution in [3.63, 3.8) is 0 Å². The van der Waals surface area contributed by atoms with Gasteiger partial charge in [-0.2, -0.15) is 0 Å². The summed E-state index contributed by atoms with van der Waals surface area (Å²) in [7, 11) is -3.42. The summed E-state index contributed by atoms with van der Waals surface area (Å²) in [6.45, 7) is 1.65. The highest BCUT2D eigenvalue weighted by Crippen LogP contribution is 2.35. The standard InChI is InChI=1S/C10H10ClNO2S/c1-6(12)9-4-7-2-3-8(11)5-10(7)15(9,13)14/h2-6H,12H2,1H3. The molecule has 0 saturated heterocycles. The van der Waals surface area contributed by atoms with Crippen LogP contribution in [0.1, 0.15) is 12.5 Å². The van der Waals surface area contributed by atoms with E-state index in [0.717, 1.165) is 0 Å². The third-order valence-corrected chi connectivity index (χ3v) is 4.60. The summed E-state index contributed by atoms with van der Waals surface area (Å²) in [5.74, 6) is 0. The minimum Gasteiger partial charge on any atom is -0.324 e. The Morgan fingerprint density at radius 2 is 2.07 bits per heavy atom. The van der Waals surface area contributed by atoms with Gasteiger partial charge in [0.25, 0.3) is 0 Å². The van der Waals surface area contributed by atoms with Crippen LogP contribution in [-0.4, -0.2) is 14.5 Å². The Bertz CT molecular complexity index is 547. The van der Waals surface area contributed by atoms with Crippen LogP contribution >= 0.6 is 11.6 Å². The molecule has 1 aliphatic rings. The van der Waals surface area contributed by atoms with E-state index in [0.29, 0.717) is 10.6 Å². The molecule has 1 aliphatic heterocycles. The maximum Gasteiger partial charge on any atom is 0.204 e. The molecule has 2 N–H and O–H groups in total. The van der Waals surface area contributed by atoms with Crippen molar-refractivity contribution in [2.75, 3.05) is 0 Å². The van der Waals surface area contributed by atoms with Gasteiger partial charge in [0.1, 0.15) is 0 Å². The lowest BCUT2D eigenvalue weighted by Crippen LogP contribution is -2.21. The van der Waals surface area contributed by atoms with Gasteiger partial charge in [0.15, 0.2) is 0 Å². The summed E-state index contributed by atoms with van der Waals surface area (Å²) in [6.07, 6.45) is 1.60. The highest BCUT2D eigenvalue weighted by molar-refractivity contribution is 7.96. The Labute approximate surface area is 93.5 Å². The molecule has 0 radical (unpaired) electrons. The topological polar surface area (TPSA) is 60.2 Å². The first-order valence-corrected chi connectivity index (χ1v) is 6.31. The monoisotopic (exact) mass is 243 g/mol. The van der Waals surface area contributed by atoms with Gasteiger partial charge in [0, 0.05) is 11.1 Å². The molecule has 80 valence electrons. The van der Waals surface area contributed by atoms with Crippen molar-refractivity contribution in [3.8, 4) is 0 Å². The number of benzene rings is 1. The van der Waals surface area contributed by atoms with Crippen molar-refractivity contribution >= 4 is 27.5 Å². The van der Waals surface area contributed by atoms with Crippen LogP contribution in [0.2, 0.25) is 5.02 Å². The molecule has 0 bridgehead atoms. The normalized spacial score (nSPS) is 19.5. The summed E-state index contributed by atoms with van der Waals surface area (Å²) in [5, 5.41) is 0.414. The maximum atomic E-state index is 12.0. The number of hydrogen-bond donors (Lipinski definition) is 1. The van der Waals surface area contributed by atoms with Gasteiger partial charge in [-0.3, -0.25) is 0 Å². The lowest BCUT2D eigenvalue weighted by Gasteiger charge is -2.06. The number of hydrogen-bond acceptors (Lipinski definition) is 3. The Kier molecular flexibility index (Phi) is 2.37. The first kappa shape index (κ1) is 10.7. The van der Waals surface area contributed by atoms with E-state index < -0.39 is 15.9 Å². The summed E-state index contributed by atoms with van der Waals surface area (Å²) in [6, 6.07) is 4.31. The summed E-state index contributed by atoms with van der Waals surface area (Å²) >= 11 is 5.76. The molecule has 0 saturated carbocycles. The van der Waals surface area contributed by atoms with Crippen molar-refractivity contribution in [1.29, 1.82) is 0 Å². The van der Waals surface area contributed by atoms with Crippen LogP contribution in [0.3, 0.4) is 0 Å². The Morgan fingerprint density at radius 1 is 1.40 bits per heavy atom. The number of nitrogens with two attached hydrogens (primary N) is 1. The van der Waals surface area contributed by atoms with Gasteiger partial charge in [-0.05, 0) is 30.7 Å². The predicted octanol–water partition coefficient (Wildman–Crippen LogP) is 1.82. The minimum atomic E-state index is -3.42. The molecule has 1 aromatic rings. The van der Waals surface area contributed by atoms with Crippen LogP contribution in [0.25, 0.3) is 6.08 Å². The third-order valence-electron chi connectivity index (χ3n) is 2.32. The fourth-order valence-electron chi connectivity index (χ4n) is 1.59. The number of rotatable bonds is 1. The first-order chi connectivity index (χ1) is 6.93. The van der Waals surface area contributed by atoms with Gasteiger partial charge in [0.05, 0.1) is 9.80 Å². The lowest BCUT2D eigenvalue weighted by atomic mass is 10.2. The molecule has 0 spiro atoms. The second kappa shape index (κ2) is 3.33. The van der Waals surface area contributed by atoms with E-state index in [9.17, 15) is 8.42 Å². The Balaban J connectivity index is 2.69. The van der Waals surface area contributed by atoms with Gasteiger partial charge < -0.3 is 5.73 Å². The Morgan fingerprint density at radius 3 is 2.67 bits per heavy atom. The van der Waals surface area contributed by atoms with Gasteiger partial charge in [-0.25, -0.2) is 8.42 Å². The van der Waals surface area contributed by atoms with Gasteiger partial charge in [0.2, 0.25) is 9.84 Å². The highest BCUT2D eigenvalue weighted by Gasteiger charge is 2.31. The summed E-state index contributed by atoms with van der Waals surface area (Å²) < 4.78 is 23.9. The zero-order valence-electron chi connectivity index (χ0n) is 8.07. The van der Waals surface area contributed by atoms with E-state index in [1.165, 1.54) is 6.07 Å². The molecule has 3 nitrogen and oxygen atoms in total. The second-order valence-corrected chi connectivity index (χ2v) is 5.88. The zero-order valence-corrected chi connectivity index (χ0v) is 9.64. The number of halogens is 1. The molecule has 1 unspecified atom stereocenters. The van der Waals surface area contributed by atoms with E-state index >= 15 is 0 Å². The van der Waals surface area contributed by atoms with Crippen LogP contribution < -0.4 is 5.73 Å². The molecule has 0 aromatic heterocycles. The van der Waals surface area contributed by atoms with Gasteiger partial charge >= 0.3 is 0 Å². The second-order valence-electron chi connectivity index (χ2n) is 3.52. The molecule has 0 fully saturated rings. The molecule has 15 heavy (non-hydrogen) atoms. The lowest BCUT2D eigenvalue weighted by molar-refractivity contribution is 0.600. The van der Waals surface area contributed by atoms with Crippen LogP contribution in [-0.2, 0) is 9.84 Å². The average Bonchev–Trinajstić information content (AvgIpc) is 2.39. The van der Waals surface area contributed by atoms with Gasteiger partial charge in [-0.1, -0.05) is 17.7 Å². The van der Waals surface area contributed by atoms with Crippen molar-refractivity contribution in [1.82, 2.24) is 0 Å². The van der Waals surface area contributed by atoms with Crippen LogP contribution in [0.5, 0.6) is 0 Å². The van der Waals surface area contributed by atoms with Crippen molar-refractivity contribution in [2.24, 2.45) is 5.73 Å². The number of fused-ring (bicyclic) bond motifs is 1. The highest BCUT2D eigenvalue weighted by atomic mass is 35.5. The molecule has 1 heterocycles. The Hall–Kier alpha value is -0.840. The molecule has 5 heteroatoms. The first-order valence-electron chi connectivity index (χ1n) is 4.45. The van der Waals surface area contributed by atoms with Crippen LogP contribution in [0, 0.1) is 0 Å². The van der Waals surface area contributed by atoms with E-state index in [-0.39, 0.29) is 9.80 Å². The molecule has 1 aromatic carbocycles. The fourth-order valence-corrected chi connectivity index (χ4v) is 3.58. The average molecular weight is 244 g/mol. The largest absolute Gasteiger partial charge is 0.324 e. The third kappa shape index (κ3) is 1.58. The van der Waals surface area contributed by atoms with Crippen LogP contribution in [0.15, 0.2) is 28.0 Å². The van der Waals surface area contributed by atoms with Gasteiger partial charge in [-0.15, -0.1) is 0 Å². The van der Waals surface area contributed by atoms with E-state index in [4.69, 9.17) is 17.3 Å². The summed E-state index contributed by atoms with van der Waals surface area (Å²) in [4.78, 5) is 0.502. The van der Waals surface area contributed by atoms with Crippen molar-refractivity contribution in [2.45, 2.75) is 17.9 Å². The molecular weight excluding hydrogens is 234 g/mol. The quantitative estimate of drug-likeness (QED) is 0.819. The summed E-state index contributed by atoms with van der Waals surface area (Å²) in [5.41, 5.74) is 6.27. The molecular formula is C10H10ClNO2S. The predicted molar refractivity (Wildman–Crippen MR) is 60.3 cm³/mol.